The molecule has 0 bridgehead atoms. The molecule has 96 valence electrons. The zero-order valence-corrected chi connectivity index (χ0v) is 10.2. The van der Waals surface area contributed by atoms with E-state index < -0.39 is 11.7 Å². The summed E-state index contributed by atoms with van der Waals surface area (Å²) in [7, 11) is 0. The number of rotatable bonds is 2. The lowest BCUT2D eigenvalue weighted by molar-refractivity contribution is -0.137. The van der Waals surface area contributed by atoms with E-state index in [0.29, 0.717) is 0 Å². The molecule has 0 amide bonds. The second kappa shape index (κ2) is 5.01. The van der Waals surface area contributed by atoms with Crippen LogP contribution in [0.3, 0.4) is 0 Å². The second-order valence-corrected chi connectivity index (χ2v) is 4.46. The first-order valence-electron chi connectivity index (χ1n) is 6.05. The molecular formula is C15H15F3. The first-order valence-corrected chi connectivity index (χ1v) is 6.05. The van der Waals surface area contributed by atoms with Crippen LogP contribution in [0.4, 0.5) is 13.2 Å². The van der Waals surface area contributed by atoms with Crippen molar-refractivity contribution >= 4 is 0 Å². The Morgan fingerprint density at radius 2 is 2.06 bits per heavy atom. The quantitative estimate of drug-likeness (QED) is 0.688. The highest BCUT2D eigenvalue weighted by Crippen LogP contribution is 2.33. The summed E-state index contributed by atoms with van der Waals surface area (Å²) in [5.41, 5.74) is 1.41. The number of alkyl halides is 3. The summed E-state index contributed by atoms with van der Waals surface area (Å²) in [5, 5.41) is 0. The van der Waals surface area contributed by atoms with E-state index in [-0.39, 0.29) is 5.92 Å². The molecule has 0 spiro atoms. The zero-order chi connectivity index (χ0) is 13.2. The second-order valence-electron chi connectivity index (χ2n) is 4.46. The van der Waals surface area contributed by atoms with Crippen molar-refractivity contribution in [2.45, 2.75) is 31.9 Å². The Labute approximate surface area is 105 Å². The maximum atomic E-state index is 12.6. The molecule has 1 atom stereocenters. The summed E-state index contributed by atoms with van der Waals surface area (Å²) in [4.78, 5) is 0. The van der Waals surface area contributed by atoms with Crippen molar-refractivity contribution in [2.24, 2.45) is 0 Å². The summed E-state index contributed by atoms with van der Waals surface area (Å²) in [6, 6.07) is 5.60. The van der Waals surface area contributed by atoms with Crippen LogP contribution in [0.2, 0.25) is 0 Å². The fourth-order valence-corrected chi connectivity index (χ4v) is 2.12. The third kappa shape index (κ3) is 2.84. The molecule has 1 aromatic rings. The van der Waals surface area contributed by atoms with E-state index in [1.807, 2.05) is 12.2 Å². The van der Waals surface area contributed by atoms with Crippen LogP contribution in [0.15, 0.2) is 48.1 Å². The molecule has 0 aliphatic heterocycles. The Kier molecular flexibility index (Phi) is 3.60. The molecule has 0 saturated carbocycles. The minimum absolute atomic E-state index is 0.0580. The molecule has 0 nitrogen and oxygen atoms in total. The van der Waals surface area contributed by atoms with Crippen molar-refractivity contribution in [3.8, 4) is 0 Å². The van der Waals surface area contributed by atoms with Gasteiger partial charge in [0.1, 0.15) is 0 Å². The van der Waals surface area contributed by atoms with Crippen LogP contribution < -0.4 is 0 Å². The molecule has 1 unspecified atom stereocenters. The van der Waals surface area contributed by atoms with Crippen molar-refractivity contribution in [1.29, 1.82) is 0 Å². The number of allylic oxidation sites excluding steroid dienone is 4. The van der Waals surface area contributed by atoms with Gasteiger partial charge >= 0.3 is 6.18 Å². The van der Waals surface area contributed by atoms with Crippen molar-refractivity contribution < 1.29 is 13.2 Å². The van der Waals surface area contributed by atoms with Crippen molar-refractivity contribution in [3.05, 3.63) is 59.2 Å². The monoisotopic (exact) mass is 252 g/mol. The zero-order valence-electron chi connectivity index (χ0n) is 10.2. The van der Waals surface area contributed by atoms with Gasteiger partial charge in [0, 0.05) is 5.92 Å². The molecule has 0 N–H and O–H groups in total. The summed E-state index contributed by atoms with van der Waals surface area (Å²) in [5.74, 6) is 0.0580. The van der Waals surface area contributed by atoms with Gasteiger partial charge in [0.15, 0.2) is 0 Å². The molecule has 18 heavy (non-hydrogen) atoms. The maximum absolute atomic E-state index is 12.6. The van der Waals surface area contributed by atoms with E-state index in [0.717, 1.165) is 24.5 Å². The van der Waals surface area contributed by atoms with Gasteiger partial charge in [-0.1, -0.05) is 48.9 Å². The predicted molar refractivity (Wildman–Crippen MR) is 66.3 cm³/mol. The van der Waals surface area contributed by atoms with Crippen LogP contribution in [0.25, 0.3) is 0 Å². The SMILES string of the molecule is CCC1=CCC(c2cccc(C(F)(F)F)c2)C=C1. The van der Waals surface area contributed by atoms with Crippen LogP contribution in [0.1, 0.15) is 36.8 Å². The lowest BCUT2D eigenvalue weighted by Gasteiger charge is -2.17. The maximum Gasteiger partial charge on any atom is 0.416 e. The number of halogens is 3. The highest BCUT2D eigenvalue weighted by molar-refractivity contribution is 5.35. The summed E-state index contributed by atoms with van der Waals surface area (Å²) in [6.45, 7) is 2.07. The Bertz CT molecular complexity index is 481. The van der Waals surface area contributed by atoms with Crippen LogP contribution in [0.5, 0.6) is 0 Å². The van der Waals surface area contributed by atoms with E-state index in [2.05, 4.69) is 13.0 Å². The van der Waals surface area contributed by atoms with Gasteiger partial charge in [0.25, 0.3) is 0 Å². The standard InChI is InChI=1S/C15H15F3/c1-2-11-6-8-12(9-7-11)13-4-3-5-14(10-13)15(16,17)18/h3-8,10,12H,2,9H2,1H3. The summed E-state index contributed by atoms with van der Waals surface area (Å²) in [6.07, 6.45) is 3.58. The number of hydrogen-bond acceptors (Lipinski definition) is 0. The van der Waals surface area contributed by atoms with Gasteiger partial charge in [-0.3, -0.25) is 0 Å². The molecular weight excluding hydrogens is 237 g/mol. The molecule has 0 saturated heterocycles. The van der Waals surface area contributed by atoms with Crippen molar-refractivity contribution in [1.82, 2.24) is 0 Å². The molecule has 1 aliphatic carbocycles. The van der Waals surface area contributed by atoms with Gasteiger partial charge in [0.05, 0.1) is 5.56 Å². The Hall–Kier alpha value is -1.51. The summed E-state index contributed by atoms with van der Waals surface area (Å²) < 4.78 is 37.9. The van der Waals surface area contributed by atoms with E-state index in [9.17, 15) is 13.2 Å². The van der Waals surface area contributed by atoms with E-state index in [1.165, 1.54) is 17.7 Å². The average molecular weight is 252 g/mol. The number of hydrogen-bond donors (Lipinski definition) is 0. The minimum atomic E-state index is -4.27. The molecule has 3 heteroatoms. The van der Waals surface area contributed by atoms with Gasteiger partial charge in [-0.2, -0.15) is 13.2 Å². The third-order valence-corrected chi connectivity index (χ3v) is 3.23. The lowest BCUT2D eigenvalue weighted by Crippen LogP contribution is -2.06. The average Bonchev–Trinajstić information content (AvgIpc) is 2.38. The Morgan fingerprint density at radius 3 is 2.61 bits per heavy atom. The molecule has 1 aliphatic rings. The molecule has 0 heterocycles. The van der Waals surface area contributed by atoms with E-state index >= 15 is 0 Å². The first-order chi connectivity index (χ1) is 8.50. The fraction of sp³-hybridized carbons (Fsp3) is 0.333. The van der Waals surface area contributed by atoms with Gasteiger partial charge in [-0.05, 0) is 24.5 Å². The Morgan fingerprint density at radius 1 is 1.28 bits per heavy atom. The molecule has 0 radical (unpaired) electrons. The molecule has 0 fully saturated rings. The fourth-order valence-electron chi connectivity index (χ4n) is 2.12. The van der Waals surface area contributed by atoms with Crippen LogP contribution in [-0.4, -0.2) is 0 Å². The predicted octanol–water partition coefficient (Wildman–Crippen LogP) is 5.09. The van der Waals surface area contributed by atoms with Crippen LogP contribution in [0, 0.1) is 0 Å². The topological polar surface area (TPSA) is 0 Å². The molecule has 1 aromatic carbocycles. The van der Waals surface area contributed by atoms with E-state index in [4.69, 9.17) is 0 Å². The van der Waals surface area contributed by atoms with Gasteiger partial charge in [-0.25, -0.2) is 0 Å². The number of benzene rings is 1. The van der Waals surface area contributed by atoms with Gasteiger partial charge in [0.2, 0.25) is 0 Å². The smallest absolute Gasteiger partial charge is 0.166 e. The first kappa shape index (κ1) is 12.9. The lowest BCUT2D eigenvalue weighted by atomic mass is 9.89. The highest BCUT2D eigenvalue weighted by Gasteiger charge is 2.30. The van der Waals surface area contributed by atoms with Crippen LogP contribution in [-0.2, 0) is 6.18 Å². The highest BCUT2D eigenvalue weighted by atomic mass is 19.4. The third-order valence-electron chi connectivity index (χ3n) is 3.23. The van der Waals surface area contributed by atoms with Crippen molar-refractivity contribution in [3.63, 3.8) is 0 Å². The van der Waals surface area contributed by atoms with Crippen LogP contribution >= 0.6 is 0 Å². The van der Waals surface area contributed by atoms with Crippen molar-refractivity contribution in [2.75, 3.05) is 0 Å². The minimum Gasteiger partial charge on any atom is -0.166 e. The molecule has 0 aromatic heterocycles. The summed E-state index contributed by atoms with van der Waals surface area (Å²) >= 11 is 0. The van der Waals surface area contributed by atoms with Gasteiger partial charge < -0.3 is 0 Å². The Balaban J connectivity index is 2.21. The molecule has 2 rings (SSSR count). The largest absolute Gasteiger partial charge is 0.416 e. The normalized spacial score (nSPS) is 19.8. The van der Waals surface area contributed by atoms with Gasteiger partial charge in [-0.15, -0.1) is 0 Å². The van der Waals surface area contributed by atoms with E-state index in [1.54, 1.807) is 6.07 Å².